The van der Waals surface area contributed by atoms with Gasteiger partial charge in [-0.05, 0) is 79.8 Å². The molecular weight excluding hydrogens is 474 g/mol. The van der Waals surface area contributed by atoms with Crippen LogP contribution >= 0.6 is 0 Å². The van der Waals surface area contributed by atoms with Gasteiger partial charge < -0.3 is 15.3 Å². The molecule has 0 aliphatic carbocycles. The largest absolute Gasteiger partial charge is 0.439 e. The number of benzene rings is 2. The fourth-order valence-corrected chi connectivity index (χ4v) is 5.26. The molecule has 0 aliphatic heterocycles. The van der Waals surface area contributed by atoms with Crippen LogP contribution < -0.4 is 5.73 Å². The summed E-state index contributed by atoms with van der Waals surface area (Å²) in [5, 5.41) is 12.0. The molecule has 3 heterocycles. The van der Waals surface area contributed by atoms with Gasteiger partial charge in [0.15, 0.2) is 0 Å². The molecule has 3 atom stereocenters. The van der Waals surface area contributed by atoms with Crippen molar-refractivity contribution in [2.24, 2.45) is 5.73 Å². The second-order valence-corrected chi connectivity index (χ2v) is 10.2. The van der Waals surface area contributed by atoms with Gasteiger partial charge in [0.1, 0.15) is 11.4 Å². The molecular formula is C32H31N3O3. The van der Waals surface area contributed by atoms with Gasteiger partial charge in [-0.2, -0.15) is 0 Å². The van der Waals surface area contributed by atoms with Crippen molar-refractivity contribution in [3.63, 3.8) is 0 Å². The maximum absolute atomic E-state index is 13.1. The Morgan fingerprint density at radius 1 is 0.947 bits per heavy atom. The van der Waals surface area contributed by atoms with Crippen LogP contribution in [0.3, 0.4) is 0 Å². The standard InChI is InChI=1S/C32H31N3O3/c1-19-10-11-26(20(2)14-19)28(22-8-6-5-7-9-22)29(30(33)36)24-16-23-17-27(38-31(23)35-18-24)32(4,37)25-12-13-34-21(3)15-25/h5-18,28-29,37H,1-4H3,(H2,33,36)/t28-,29?,32?/m0/s1. The highest BCUT2D eigenvalue weighted by Crippen LogP contribution is 2.41. The number of fused-ring (bicyclic) bond motifs is 1. The van der Waals surface area contributed by atoms with Crippen LogP contribution in [0, 0.1) is 20.8 Å². The first kappa shape index (κ1) is 25.4. The smallest absolute Gasteiger partial charge is 0.226 e. The fraction of sp³-hybridized carbons (Fsp3) is 0.219. The molecule has 0 bridgehead atoms. The molecule has 0 fully saturated rings. The predicted octanol–water partition coefficient (Wildman–Crippen LogP) is 5.80. The third kappa shape index (κ3) is 4.71. The number of hydrogen-bond donors (Lipinski definition) is 2. The fourth-order valence-electron chi connectivity index (χ4n) is 5.26. The van der Waals surface area contributed by atoms with Gasteiger partial charge in [0, 0.05) is 29.4 Å². The van der Waals surface area contributed by atoms with Crippen molar-refractivity contribution < 1.29 is 14.3 Å². The number of pyridine rings is 2. The molecule has 6 nitrogen and oxygen atoms in total. The van der Waals surface area contributed by atoms with Crippen molar-refractivity contribution in [3.05, 3.63) is 130 Å². The van der Waals surface area contributed by atoms with Crippen molar-refractivity contribution >= 4 is 17.0 Å². The SMILES string of the molecule is Cc1ccc([C@H](c2ccccc2)C(C(N)=O)c2cnc3oc(C(C)(O)c4ccnc(C)c4)cc3c2)c(C)c1. The summed E-state index contributed by atoms with van der Waals surface area (Å²) in [5.41, 5.74) is 11.5. The lowest BCUT2D eigenvalue weighted by Gasteiger charge is -2.27. The minimum atomic E-state index is -1.39. The Hall–Kier alpha value is -4.29. The van der Waals surface area contributed by atoms with Gasteiger partial charge in [0.25, 0.3) is 0 Å². The summed E-state index contributed by atoms with van der Waals surface area (Å²) in [5.74, 6) is -1.06. The average molecular weight is 506 g/mol. The van der Waals surface area contributed by atoms with Gasteiger partial charge in [-0.15, -0.1) is 0 Å². The van der Waals surface area contributed by atoms with Gasteiger partial charge >= 0.3 is 0 Å². The Labute approximate surface area is 222 Å². The summed E-state index contributed by atoms with van der Waals surface area (Å²) >= 11 is 0. The molecule has 5 aromatic rings. The molecule has 0 saturated carbocycles. The number of aromatic nitrogens is 2. The Bertz CT molecular complexity index is 1620. The second-order valence-electron chi connectivity index (χ2n) is 10.2. The van der Waals surface area contributed by atoms with E-state index in [1.165, 1.54) is 0 Å². The van der Waals surface area contributed by atoms with E-state index in [0.29, 0.717) is 28.0 Å². The van der Waals surface area contributed by atoms with Crippen molar-refractivity contribution in [2.75, 3.05) is 0 Å². The molecule has 1 amide bonds. The monoisotopic (exact) mass is 505 g/mol. The maximum Gasteiger partial charge on any atom is 0.226 e. The minimum absolute atomic E-state index is 0.303. The van der Waals surface area contributed by atoms with Gasteiger partial charge in [-0.3, -0.25) is 9.78 Å². The lowest BCUT2D eigenvalue weighted by atomic mass is 9.75. The maximum atomic E-state index is 13.1. The molecule has 0 aliphatic rings. The van der Waals surface area contributed by atoms with Gasteiger partial charge in [-0.1, -0.05) is 54.1 Å². The van der Waals surface area contributed by atoms with E-state index >= 15 is 0 Å². The van der Waals surface area contributed by atoms with Crippen LogP contribution in [0.2, 0.25) is 0 Å². The first-order valence-electron chi connectivity index (χ1n) is 12.6. The van der Waals surface area contributed by atoms with Crippen LogP contribution in [0.25, 0.3) is 11.1 Å². The summed E-state index contributed by atoms with van der Waals surface area (Å²) in [4.78, 5) is 21.9. The number of carbonyl (C=O) groups excluding carboxylic acids is 1. The van der Waals surface area contributed by atoms with Crippen molar-refractivity contribution in [3.8, 4) is 0 Å². The minimum Gasteiger partial charge on any atom is -0.439 e. The van der Waals surface area contributed by atoms with Crippen LogP contribution in [-0.4, -0.2) is 21.0 Å². The number of primary amides is 1. The summed E-state index contributed by atoms with van der Waals surface area (Å²) in [7, 11) is 0. The zero-order valence-electron chi connectivity index (χ0n) is 22.0. The van der Waals surface area contributed by atoms with Crippen LogP contribution in [0.4, 0.5) is 0 Å². The molecule has 0 radical (unpaired) electrons. The number of hydrogen-bond acceptors (Lipinski definition) is 5. The molecule has 3 aromatic heterocycles. The predicted molar refractivity (Wildman–Crippen MR) is 148 cm³/mol. The Morgan fingerprint density at radius 2 is 1.71 bits per heavy atom. The molecule has 6 heteroatoms. The summed E-state index contributed by atoms with van der Waals surface area (Å²) in [6.07, 6.45) is 3.31. The van der Waals surface area contributed by atoms with E-state index < -0.39 is 17.4 Å². The summed E-state index contributed by atoms with van der Waals surface area (Å²) < 4.78 is 5.99. The van der Waals surface area contributed by atoms with E-state index in [9.17, 15) is 9.90 Å². The molecule has 5 rings (SSSR count). The lowest BCUT2D eigenvalue weighted by molar-refractivity contribution is -0.119. The topological polar surface area (TPSA) is 102 Å². The number of furan rings is 1. The van der Waals surface area contributed by atoms with Crippen LogP contribution in [-0.2, 0) is 10.4 Å². The Kier molecular flexibility index (Phi) is 6.59. The average Bonchev–Trinajstić information content (AvgIpc) is 3.32. The van der Waals surface area contributed by atoms with E-state index in [-0.39, 0.29) is 5.92 Å². The van der Waals surface area contributed by atoms with Crippen molar-refractivity contribution in [1.29, 1.82) is 0 Å². The zero-order chi connectivity index (χ0) is 27.0. The van der Waals surface area contributed by atoms with Gasteiger partial charge in [-0.25, -0.2) is 4.98 Å². The molecule has 0 saturated heterocycles. The normalized spacial score (nSPS) is 14.7. The van der Waals surface area contributed by atoms with E-state index in [0.717, 1.165) is 27.9 Å². The highest BCUT2D eigenvalue weighted by Gasteiger charge is 2.34. The van der Waals surface area contributed by atoms with E-state index in [2.05, 4.69) is 42.0 Å². The second kappa shape index (κ2) is 9.88. The molecule has 192 valence electrons. The van der Waals surface area contributed by atoms with Crippen LogP contribution in [0.15, 0.2) is 89.6 Å². The third-order valence-corrected chi connectivity index (χ3v) is 7.25. The molecule has 2 unspecified atom stereocenters. The van der Waals surface area contributed by atoms with Crippen molar-refractivity contribution in [2.45, 2.75) is 45.1 Å². The van der Waals surface area contributed by atoms with E-state index in [1.54, 1.807) is 31.5 Å². The third-order valence-electron chi connectivity index (χ3n) is 7.25. The first-order chi connectivity index (χ1) is 18.1. The Morgan fingerprint density at radius 3 is 2.39 bits per heavy atom. The van der Waals surface area contributed by atoms with Crippen LogP contribution in [0.5, 0.6) is 0 Å². The van der Waals surface area contributed by atoms with E-state index in [1.807, 2.05) is 49.4 Å². The van der Waals surface area contributed by atoms with E-state index in [4.69, 9.17) is 10.2 Å². The number of aliphatic hydroxyl groups is 1. The number of nitrogens with zero attached hydrogens (tertiary/aromatic N) is 2. The van der Waals surface area contributed by atoms with Gasteiger partial charge in [0.05, 0.1) is 5.92 Å². The van der Waals surface area contributed by atoms with Gasteiger partial charge in [0.2, 0.25) is 11.6 Å². The highest BCUT2D eigenvalue weighted by atomic mass is 16.4. The number of aryl methyl sites for hydroxylation is 3. The van der Waals surface area contributed by atoms with Crippen molar-refractivity contribution in [1.82, 2.24) is 9.97 Å². The molecule has 38 heavy (non-hydrogen) atoms. The first-order valence-corrected chi connectivity index (χ1v) is 12.6. The summed E-state index contributed by atoms with van der Waals surface area (Å²) in [6, 6.07) is 23.4. The number of amides is 1. The highest BCUT2D eigenvalue weighted by molar-refractivity contribution is 5.86. The quantitative estimate of drug-likeness (QED) is 0.291. The molecule has 3 N–H and O–H groups in total. The summed E-state index contributed by atoms with van der Waals surface area (Å²) in [6.45, 7) is 7.66. The zero-order valence-corrected chi connectivity index (χ0v) is 22.0. The number of nitrogens with two attached hydrogens (primary N) is 1. The molecule has 0 spiro atoms. The Balaban J connectivity index is 1.63. The number of rotatable bonds is 7. The van der Waals surface area contributed by atoms with Crippen LogP contribution in [0.1, 0.15) is 63.6 Å². The lowest BCUT2D eigenvalue weighted by Crippen LogP contribution is -2.28. The number of carbonyl (C=O) groups is 1. The molecule has 2 aromatic carbocycles.